The second kappa shape index (κ2) is 8.01. The summed E-state index contributed by atoms with van der Waals surface area (Å²) in [5.41, 5.74) is 6.09. The largest absolute Gasteiger partial charge is 0.368 e. The van der Waals surface area contributed by atoms with Crippen molar-refractivity contribution in [2.75, 3.05) is 31.1 Å². The number of rotatable bonds is 6. The summed E-state index contributed by atoms with van der Waals surface area (Å²) < 4.78 is 0. The molecule has 0 aromatic heterocycles. The van der Waals surface area contributed by atoms with Crippen LogP contribution in [0.5, 0.6) is 0 Å². The number of anilines is 1. The Morgan fingerprint density at radius 2 is 1.61 bits per heavy atom. The summed E-state index contributed by atoms with van der Waals surface area (Å²) >= 11 is 0. The van der Waals surface area contributed by atoms with Gasteiger partial charge < -0.3 is 10.6 Å². The molecule has 0 radical (unpaired) electrons. The molecule has 10 heteroatoms. The maximum Gasteiger partial charge on any atom is 0.299 e. The SMILES string of the molecule is NC(=O)C(c1ccccc1)N1CCN(c2ccc([N+](=O)[O-])cc2[N+](=O)[O-])CC1. The molecule has 0 saturated carbocycles. The van der Waals surface area contributed by atoms with Gasteiger partial charge in [0.2, 0.25) is 5.91 Å². The van der Waals surface area contributed by atoms with Crippen LogP contribution in [0.4, 0.5) is 17.1 Å². The molecule has 0 aliphatic carbocycles. The highest BCUT2D eigenvalue weighted by Crippen LogP contribution is 2.33. The lowest BCUT2D eigenvalue weighted by Crippen LogP contribution is -2.50. The third kappa shape index (κ3) is 3.91. The van der Waals surface area contributed by atoms with Gasteiger partial charge in [-0.1, -0.05) is 30.3 Å². The van der Waals surface area contributed by atoms with Crippen molar-refractivity contribution in [3.63, 3.8) is 0 Å². The van der Waals surface area contributed by atoms with Crippen molar-refractivity contribution in [3.05, 3.63) is 74.3 Å². The Kier molecular flexibility index (Phi) is 5.50. The van der Waals surface area contributed by atoms with Gasteiger partial charge in [0.05, 0.1) is 15.9 Å². The van der Waals surface area contributed by atoms with Crippen LogP contribution in [0.3, 0.4) is 0 Å². The molecule has 2 aromatic rings. The zero-order chi connectivity index (χ0) is 20.3. The van der Waals surface area contributed by atoms with Crippen molar-refractivity contribution in [2.24, 2.45) is 5.73 Å². The van der Waals surface area contributed by atoms with Crippen LogP contribution in [0.2, 0.25) is 0 Å². The fraction of sp³-hybridized carbons (Fsp3) is 0.278. The number of nitro groups is 2. The molecule has 0 spiro atoms. The first kappa shape index (κ1) is 19.2. The number of carbonyl (C=O) groups excluding carboxylic acids is 1. The summed E-state index contributed by atoms with van der Waals surface area (Å²) in [6.45, 7) is 1.79. The quantitative estimate of drug-likeness (QED) is 0.592. The smallest absolute Gasteiger partial charge is 0.299 e. The minimum atomic E-state index is -0.661. The standard InChI is InChI=1S/C18H19N5O5/c19-18(24)17(13-4-2-1-3-5-13)21-10-8-20(9-11-21)15-7-6-14(22(25)26)12-16(15)23(27)28/h1-7,12,17H,8-11H2,(H2,19,24). The van der Waals surface area contributed by atoms with Gasteiger partial charge in [0, 0.05) is 32.2 Å². The van der Waals surface area contributed by atoms with Gasteiger partial charge >= 0.3 is 0 Å². The highest BCUT2D eigenvalue weighted by atomic mass is 16.6. The summed E-state index contributed by atoms with van der Waals surface area (Å²) in [6, 6.07) is 12.2. The molecule has 3 rings (SSSR count). The van der Waals surface area contributed by atoms with Crippen LogP contribution in [0.1, 0.15) is 11.6 Å². The molecule has 1 amide bonds. The van der Waals surface area contributed by atoms with Crippen LogP contribution in [-0.4, -0.2) is 46.8 Å². The van der Waals surface area contributed by atoms with Gasteiger partial charge in [-0.05, 0) is 11.6 Å². The van der Waals surface area contributed by atoms with Gasteiger partial charge in [-0.2, -0.15) is 0 Å². The minimum absolute atomic E-state index is 0.308. The molecule has 1 heterocycles. The van der Waals surface area contributed by atoms with Crippen molar-refractivity contribution in [1.29, 1.82) is 0 Å². The molecule has 1 atom stereocenters. The minimum Gasteiger partial charge on any atom is -0.368 e. The monoisotopic (exact) mass is 385 g/mol. The van der Waals surface area contributed by atoms with E-state index in [2.05, 4.69) is 0 Å². The van der Waals surface area contributed by atoms with E-state index in [9.17, 15) is 25.0 Å². The van der Waals surface area contributed by atoms with E-state index in [1.165, 1.54) is 12.1 Å². The topological polar surface area (TPSA) is 136 Å². The molecule has 28 heavy (non-hydrogen) atoms. The molecular weight excluding hydrogens is 366 g/mol. The Bertz CT molecular complexity index is 896. The van der Waals surface area contributed by atoms with Crippen molar-refractivity contribution >= 4 is 23.0 Å². The Morgan fingerprint density at radius 3 is 2.14 bits per heavy atom. The zero-order valence-corrected chi connectivity index (χ0v) is 14.9. The lowest BCUT2D eigenvalue weighted by molar-refractivity contribution is -0.393. The van der Waals surface area contributed by atoms with E-state index in [1.54, 1.807) is 4.90 Å². The second-order valence-electron chi connectivity index (χ2n) is 6.43. The van der Waals surface area contributed by atoms with Gasteiger partial charge in [0.1, 0.15) is 11.7 Å². The third-order valence-electron chi connectivity index (χ3n) is 4.77. The summed E-state index contributed by atoms with van der Waals surface area (Å²) in [5, 5.41) is 22.3. The van der Waals surface area contributed by atoms with Gasteiger partial charge in [-0.25, -0.2) is 0 Å². The number of primary amides is 1. The number of piperazine rings is 1. The highest BCUT2D eigenvalue weighted by molar-refractivity contribution is 5.81. The van der Waals surface area contributed by atoms with Gasteiger partial charge in [0.15, 0.2) is 0 Å². The van der Waals surface area contributed by atoms with E-state index >= 15 is 0 Å². The summed E-state index contributed by atoms with van der Waals surface area (Å²) in [6.07, 6.45) is 0. The predicted octanol–water partition coefficient (Wildman–Crippen LogP) is 1.85. The molecule has 146 valence electrons. The van der Waals surface area contributed by atoms with E-state index in [0.717, 1.165) is 11.6 Å². The Balaban J connectivity index is 1.79. The van der Waals surface area contributed by atoms with Gasteiger partial charge in [0.25, 0.3) is 11.4 Å². The molecule has 2 N–H and O–H groups in total. The predicted molar refractivity (Wildman–Crippen MR) is 102 cm³/mol. The fourth-order valence-electron chi connectivity index (χ4n) is 3.45. The van der Waals surface area contributed by atoms with Crippen molar-refractivity contribution < 1.29 is 14.6 Å². The number of nitrogens with zero attached hydrogens (tertiary/aromatic N) is 4. The average molecular weight is 385 g/mol. The normalized spacial score (nSPS) is 15.8. The molecule has 1 fully saturated rings. The zero-order valence-electron chi connectivity index (χ0n) is 14.9. The molecule has 0 bridgehead atoms. The van der Waals surface area contributed by atoms with Gasteiger partial charge in [-0.15, -0.1) is 0 Å². The number of nitro benzene ring substituents is 2. The van der Waals surface area contributed by atoms with Crippen LogP contribution in [-0.2, 0) is 4.79 Å². The number of benzene rings is 2. The maximum absolute atomic E-state index is 12.0. The van der Waals surface area contributed by atoms with Gasteiger partial charge in [-0.3, -0.25) is 29.9 Å². The Hall–Kier alpha value is -3.53. The molecule has 1 aliphatic heterocycles. The molecule has 1 unspecified atom stereocenters. The third-order valence-corrected chi connectivity index (χ3v) is 4.77. The van der Waals surface area contributed by atoms with E-state index in [4.69, 9.17) is 5.73 Å². The van der Waals surface area contributed by atoms with Crippen molar-refractivity contribution in [3.8, 4) is 0 Å². The highest BCUT2D eigenvalue weighted by Gasteiger charge is 2.31. The van der Waals surface area contributed by atoms with Crippen molar-refractivity contribution in [2.45, 2.75) is 6.04 Å². The number of hydrogen-bond acceptors (Lipinski definition) is 7. The first-order valence-electron chi connectivity index (χ1n) is 8.64. The number of carbonyl (C=O) groups is 1. The van der Waals surface area contributed by atoms with Crippen LogP contribution in [0.15, 0.2) is 48.5 Å². The van der Waals surface area contributed by atoms with E-state index in [-0.39, 0.29) is 11.4 Å². The van der Waals surface area contributed by atoms with E-state index in [1.807, 2.05) is 35.2 Å². The lowest BCUT2D eigenvalue weighted by atomic mass is 10.0. The van der Waals surface area contributed by atoms with Crippen LogP contribution < -0.4 is 10.6 Å². The molecule has 10 nitrogen and oxygen atoms in total. The Labute approximate surface area is 160 Å². The summed E-state index contributed by atoms with van der Waals surface area (Å²) in [7, 11) is 0. The number of amides is 1. The first-order valence-corrected chi connectivity index (χ1v) is 8.64. The fourth-order valence-corrected chi connectivity index (χ4v) is 3.45. The number of hydrogen-bond donors (Lipinski definition) is 1. The lowest BCUT2D eigenvalue weighted by Gasteiger charge is -2.39. The average Bonchev–Trinajstić information content (AvgIpc) is 2.68. The molecule has 2 aromatic carbocycles. The van der Waals surface area contributed by atoms with E-state index < -0.39 is 21.8 Å². The van der Waals surface area contributed by atoms with E-state index in [0.29, 0.717) is 31.9 Å². The molecular formula is C18H19N5O5. The summed E-state index contributed by atoms with van der Waals surface area (Å²) in [5.74, 6) is -0.457. The number of non-ortho nitro benzene ring substituents is 1. The molecule has 1 saturated heterocycles. The van der Waals surface area contributed by atoms with Crippen LogP contribution >= 0.6 is 0 Å². The maximum atomic E-state index is 12.0. The molecule has 1 aliphatic rings. The Morgan fingerprint density at radius 1 is 0.964 bits per heavy atom. The van der Waals surface area contributed by atoms with Crippen molar-refractivity contribution in [1.82, 2.24) is 4.90 Å². The number of nitrogens with two attached hydrogens (primary N) is 1. The first-order chi connectivity index (χ1) is 13.4. The van der Waals surface area contributed by atoms with Crippen LogP contribution in [0.25, 0.3) is 0 Å². The second-order valence-corrected chi connectivity index (χ2v) is 6.43. The van der Waals surface area contributed by atoms with Crippen LogP contribution in [0, 0.1) is 20.2 Å². The summed E-state index contributed by atoms with van der Waals surface area (Å²) in [4.78, 5) is 36.7.